The lowest BCUT2D eigenvalue weighted by Crippen LogP contribution is -2.52. The highest BCUT2D eigenvalue weighted by Crippen LogP contribution is 2.58. The van der Waals surface area contributed by atoms with Gasteiger partial charge in [-0.05, 0) is 35.4 Å². The molecule has 3 rings (SSSR count). The Kier molecular flexibility index (Phi) is 4.84. The van der Waals surface area contributed by atoms with Crippen LogP contribution in [0, 0.1) is 11.8 Å². The second-order valence-corrected chi connectivity index (χ2v) is 6.48. The van der Waals surface area contributed by atoms with Gasteiger partial charge in [-0.1, -0.05) is 24.3 Å². The fraction of sp³-hybridized carbons (Fsp3) is 0.300. The summed E-state index contributed by atoms with van der Waals surface area (Å²) in [5.41, 5.74) is 14.7. The summed E-state index contributed by atoms with van der Waals surface area (Å²) in [4.78, 5) is 24.9. The number of nitrogens with two attached hydrogens (primary N) is 2. The molecule has 1 fully saturated rings. The van der Waals surface area contributed by atoms with Crippen LogP contribution in [0.5, 0.6) is 0 Å². The summed E-state index contributed by atoms with van der Waals surface area (Å²) >= 11 is 0. The molecule has 136 valence electrons. The van der Waals surface area contributed by atoms with Crippen molar-refractivity contribution in [3.8, 4) is 0 Å². The Bertz CT molecular complexity index is 732. The number of nitrogen functional groups attached to an aromatic ring is 2. The lowest BCUT2D eigenvalue weighted by Gasteiger charge is -2.49. The van der Waals surface area contributed by atoms with Crippen LogP contribution in [0.3, 0.4) is 0 Å². The predicted octanol–water partition coefficient (Wildman–Crippen LogP) is 2.31. The number of ether oxygens (including phenoxy) is 2. The highest BCUT2D eigenvalue weighted by atomic mass is 16.5. The summed E-state index contributed by atoms with van der Waals surface area (Å²) in [5.74, 6) is -2.49. The standard InChI is InChI=1S/C20H22N2O4/c1-25-19(23)17-15(11-3-7-13(21)8-4-11)16(18(17)20(24)26-2)12-5-9-14(22)10-6-12/h3-10,15-18H,21-22H2,1-2H3/t15-,16-,17+,18+/m1/s1. The Hall–Kier alpha value is -3.02. The molecule has 1 saturated carbocycles. The van der Waals surface area contributed by atoms with E-state index in [1.165, 1.54) is 14.2 Å². The predicted molar refractivity (Wildman–Crippen MR) is 98.2 cm³/mol. The number of carbonyl (C=O) groups is 2. The van der Waals surface area contributed by atoms with E-state index in [0.717, 1.165) is 11.1 Å². The molecule has 1 aliphatic rings. The van der Waals surface area contributed by atoms with Crippen LogP contribution in [0.2, 0.25) is 0 Å². The maximum Gasteiger partial charge on any atom is 0.310 e. The van der Waals surface area contributed by atoms with Gasteiger partial charge >= 0.3 is 11.9 Å². The number of esters is 2. The summed E-state index contributed by atoms with van der Waals surface area (Å²) in [6, 6.07) is 14.7. The van der Waals surface area contributed by atoms with E-state index in [1.807, 2.05) is 24.3 Å². The lowest BCUT2D eigenvalue weighted by molar-refractivity contribution is -0.168. The van der Waals surface area contributed by atoms with Crippen molar-refractivity contribution in [2.45, 2.75) is 11.8 Å². The Morgan fingerprint density at radius 1 is 0.692 bits per heavy atom. The van der Waals surface area contributed by atoms with Crippen LogP contribution in [0.25, 0.3) is 0 Å². The summed E-state index contributed by atoms with van der Waals surface area (Å²) in [5, 5.41) is 0. The molecule has 0 unspecified atom stereocenters. The lowest BCUT2D eigenvalue weighted by atomic mass is 9.52. The molecule has 0 heterocycles. The Morgan fingerprint density at radius 3 is 1.27 bits per heavy atom. The monoisotopic (exact) mass is 354 g/mol. The van der Waals surface area contributed by atoms with Crippen molar-refractivity contribution in [2.24, 2.45) is 11.8 Å². The minimum Gasteiger partial charge on any atom is -0.469 e. The average molecular weight is 354 g/mol. The van der Waals surface area contributed by atoms with E-state index >= 15 is 0 Å². The third-order valence-corrected chi connectivity index (χ3v) is 5.14. The van der Waals surface area contributed by atoms with Crippen LogP contribution in [0.4, 0.5) is 11.4 Å². The van der Waals surface area contributed by atoms with Crippen molar-refractivity contribution in [2.75, 3.05) is 25.7 Å². The van der Waals surface area contributed by atoms with Crippen molar-refractivity contribution in [3.63, 3.8) is 0 Å². The number of hydrogen-bond donors (Lipinski definition) is 2. The first kappa shape index (κ1) is 17.8. The molecular weight excluding hydrogens is 332 g/mol. The normalized spacial score (nSPS) is 24.4. The number of anilines is 2. The molecule has 26 heavy (non-hydrogen) atoms. The molecule has 4 N–H and O–H groups in total. The topological polar surface area (TPSA) is 105 Å². The molecule has 0 aromatic heterocycles. The smallest absolute Gasteiger partial charge is 0.310 e. The summed E-state index contributed by atoms with van der Waals surface area (Å²) in [6.07, 6.45) is 0. The summed E-state index contributed by atoms with van der Waals surface area (Å²) in [7, 11) is 2.65. The number of methoxy groups -OCH3 is 2. The van der Waals surface area contributed by atoms with Gasteiger partial charge in [0.15, 0.2) is 0 Å². The molecule has 4 atom stereocenters. The maximum atomic E-state index is 12.4. The first-order valence-electron chi connectivity index (χ1n) is 8.34. The fourth-order valence-electron chi connectivity index (χ4n) is 3.87. The first-order chi connectivity index (χ1) is 12.5. The SMILES string of the molecule is COC(=O)[C@@H]1[C@@H](C(=O)OC)[C@H](c2ccc(N)cc2)[C@H]1c1ccc(N)cc1. The van der Waals surface area contributed by atoms with Crippen LogP contribution in [0.15, 0.2) is 48.5 Å². The molecule has 0 aliphatic heterocycles. The Morgan fingerprint density at radius 2 is 1.00 bits per heavy atom. The van der Waals surface area contributed by atoms with Gasteiger partial charge in [-0.3, -0.25) is 9.59 Å². The van der Waals surface area contributed by atoms with Gasteiger partial charge in [0.05, 0.1) is 26.1 Å². The van der Waals surface area contributed by atoms with Crippen LogP contribution in [0.1, 0.15) is 23.0 Å². The van der Waals surface area contributed by atoms with Crippen molar-refractivity contribution >= 4 is 23.3 Å². The van der Waals surface area contributed by atoms with E-state index in [1.54, 1.807) is 24.3 Å². The van der Waals surface area contributed by atoms with E-state index in [2.05, 4.69) is 0 Å². The summed E-state index contributed by atoms with van der Waals surface area (Å²) in [6.45, 7) is 0. The molecule has 2 aromatic rings. The third-order valence-electron chi connectivity index (χ3n) is 5.14. The van der Waals surface area contributed by atoms with Crippen LogP contribution in [-0.4, -0.2) is 26.2 Å². The highest BCUT2D eigenvalue weighted by molar-refractivity contribution is 5.87. The fourth-order valence-corrected chi connectivity index (χ4v) is 3.87. The molecule has 0 bridgehead atoms. The number of benzene rings is 2. The molecule has 0 saturated heterocycles. The van der Waals surface area contributed by atoms with Crippen molar-refractivity contribution in [3.05, 3.63) is 59.7 Å². The Labute approximate surface area is 152 Å². The van der Waals surface area contributed by atoms with E-state index in [4.69, 9.17) is 20.9 Å². The molecule has 0 radical (unpaired) electrons. The van der Waals surface area contributed by atoms with E-state index in [9.17, 15) is 9.59 Å². The van der Waals surface area contributed by atoms with Gasteiger partial charge in [0.25, 0.3) is 0 Å². The molecule has 6 heteroatoms. The number of rotatable bonds is 4. The van der Waals surface area contributed by atoms with Crippen molar-refractivity contribution < 1.29 is 19.1 Å². The van der Waals surface area contributed by atoms with Gasteiger partial charge in [0, 0.05) is 23.2 Å². The number of carbonyl (C=O) groups excluding carboxylic acids is 2. The average Bonchev–Trinajstić information content (AvgIpc) is 2.63. The molecule has 0 spiro atoms. The molecular formula is C20H22N2O4. The zero-order chi connectivity index (χ0) is 18.8. The van der Waals surface area contributed by atoms with Gasteiger partial charge in [0.2, 0.25) is 0 Å². The van der Waals surface area contributed by atoms with E-state index in [-0.39, 0.29) is 11.8 Å². The maximum absolute atomic E-state index is 12.4. The highest BCUT2D eigenvalue weighted by Gasteiger charge is 2.59. The van der Waals surface area contributed by atoms with Gasteiger partial charge in [-0.25, -0.2) is 0 Å². The van der Waals surface area contributed by atoms with Crippen molar-refractivity contribution in [1.29, 1.82) is 0 Å². The largest absolute Gasteiger partial charge is 0.469 e. The minimum absolute atomic E-state index is 0.212. The van der Waals surface area contributed by atoms with Crippen LogP contribution >= 0.6 is 0 Å². The zero-order valence-corrected chi connectivity index (χ0v) is 14.7. The number of hydrogen-bond acceptors (Lipinski definition) is 6. The van der Waals surface area contributed by atoms with E-state index < -0.39 is 23.8 Å². The second kappa shape index (κ2) is 7.07. The summed E-state index contributed by atoms with van der Waals surface area (Å²) < 4.78 is 9.93. The van der Waals surface area contributed by atoms with Gasteiger partial charge in [-0.15, -0.1) is 0 Å². The quantitative estimate of drug-likeness (QED) is 0.645. The van der Waals surface area contributed by atoms with Crippen LogP contribution < -0.4 is 11.5 Å². The van der Waals surface area contributed by atoms with Crippen LogP contribution in [-0.2, 0) is 19.1 Å². The zero-order valence-electron chi connectivity index (χ0n) is 14.7. The first-order valence-corrected chi connectivity index (χ1v) is 8.34. The van der Waals surface area contributed by atoms with Gasteiger partial charge < -0.3 is 20.9 Å². The molecule has 2 aromatic carbocycles. The van der Waals surface area contributed by atoms with Crippen molar-refractivity contribution in [1.82, 2.24) is 0 Å². The van der Waals surface area contributed by atoms with Gasteiger partial charge in [0.1, 0.15) is 0 Å². The minimum atomic E-state index is -0.612. The second-order valence-electron chi connectivity index (χ2n) is 6.48. The van der Waals surface area contributed by atoms with E-state index in [0.29, 0.717) is 11.4 Å². The molecule has 6 nitrogen and oxygen atoms in total. The molecule has 1 aliphatic carbocycles. The Balaban J connectivity index is 2.08. The van der Waals surface area contributed by atoms with Gasteiger partial charge in [-0.2, -0.15) is 0 Å². The third kappa shape index (κ3) is 2.98. The molecule has 0 amide bonds.